The Labute approximate surface area is 105 Å². The Bertz CT molecular complexity index is 511. The molecule has 2 rings (SSSR count). The van der Waals surface area contributed by atoms with Gasteiger partial charge in [0.25, 0.3) is 0 Å². The van der Waals surface area contributed by atoms with Crippen molar-refractivity contribution in [3.05, 3.63) is 58.0 Å². The van der Waals surface area contributed by atoms with Crippen LogP contribution in [0.2, 0.25) is 0 Å². The second-order valence-corrected chi connectivity index (χ2v) is 4.41. The minimum atomic E-state index is -0.992. The van der Waals surface area contributed by atoms with E-state index in [1.165, 1.54) is 18.6 Å². The molecule has 0 fully saturated rings. The molecule has 1 aromatic heterocycles. The van der Waals surface area contributed by atoms with Crippen LogP contribution in [-0.4, -0.2) is 5.11 Å². The molecule has 1 atom stereocenters. The summed E-state index contributed by atoms with van der Waals surface area (Å²) in [6.07, 6.45) is 2.34. The highest BCUT2D eigenvalue weighted by Crippen LogP contribution is 2.29. The van der Waals surface area contributed by atoms with Crippen LogP contribution in [0, 0.1) is 11.6 Å². The topological polar surface area (TPSA) is 33.4 Å². The van der Waals surface area contributed by atoms with Crippen molar-refractivity contribution in [1.29, 1.82) is 0 Å². The molecule has 0 aliphatic rings. The molecule has 0 radical (unpaired) electrons. The van der Waals surface area contributed by atoms with E-state index in [-0.39, 0.29) is 10.9 Å². The predicted octanol–water partition coefficient (Wildman–Crippen LogP) is 3.60. The van der Waals surface area contributed by atoms with Gasteiger partial charge in [-0.2, -0.15) is 0 Å². The quantitative estimate of drug-likeness (QED) is 0.879. The normalized spacial score (nSPS) is 12.7. The Morgan fingerprint density at radius 2 is 2.06 bits per heavy atom. The van der Waals surface area contributed by atoms with Gasteiger partial charge < -0.3 is 9.52 Å². The van der Waals surface area contributed by atoms with Gasteiger partial charge in [-0.1, -0.05) is 6.07 Å². The summed E-state index contributed by atoms with van der Waals surface area (Å²) in [6, 6.07) is 4.05. The number of hydrogen-bond acceptors (Lipinski definition) is 2. The van der Waals surface area contributed by atoms with Crippen LogP contribution in [0.4, 0.5) is 8.78 Å². The van der Waals surface area contributed by atoms with Gasteiger partial charge in [-0.3, -0.25) is 0 Å². The monoisotopic (exact) mass is 302 g/mol. The highest BCUT2D eigenvalue weighted by molar-refractivity contribution is 9.10. The molecule has 0 aliphatic carbocycles. The molecule has 1 N–H and O–H groups in total. The Morgan fingerprint density at radius 1 is 1.29 bits per heavy atom. The molecule has 2 aromatic rings. The second-order valence-electron chi connectivity index (χ2n) is 3.62. The minimum absolute atomic E-state index is 0.0477. The first kappa shape index (κ1) is 12.3. The maximum Gasteiger partial charge on any atom is 0.173 e. The molecule has 0 spiro atoms. The summed E-state index contributed by atoms with van der Waals surface area (Å²) in [5.41, 5.74) is 1.10. The summed E-state index contributed by atoms with van der Waals surface area (Å²) in [5, 5.41) is 9.93. The highest BCUT2D eigenvalue weighted by atomic mass is 79.9. The summed E-state index contributed by atoms with van der Waals surface area (Å²) in [4.78, 5) is 0. The van der Waals surface area contributed by atoms with E-state index in [1.807, 2.05) is 0 Å². The molecule has 5 heteroatoms. The van der Waals surface area contributed by atoms with E-state index in [9.17, 15) is 13.9 Å². The van der Waals surface area contributed by atoms with Crippen LogP contribution >= 0.6 is 15.9 Å². The van der Waals surface area contributed by atoms with E-state index in [0.29, 0.717) is 5.56 Å². The molecule has 2 nitrogen and oxygen atoms in total. The van der Waals surface area contributed by atoms with Crippen molar-refractivity contribution in [3.8, 4) is 0 Å². The molecule has 1 unspecified atom stereocenters. The van der Waals surface area contributed by atoms with Gasteiger partial charge in [-0.25, -0.2) is 8.78 Å². The Hall–Kier alpha value is -1.20. The van der Waals surface area contributed by atoms with Gasteiger partial charge in [0.1, 0.15) is 0 Å². The number of hydrogen-bond donors (Lipinski definition) is 1. The van der Waals surface area contributed by atoms with Gasteiger partial charge >= 0.3 is 0 Å². The maximum absolute atomic E-state index is 13.3. The van der Waals surface area contributed by atoms with Gasteiger partial charge in [0.05, 0.1) is 23.1 Å². The molecule has 17 heavy (non-hydrogen) atoms. The fourth-order valence-corrected chi connectivity index (χ4v) is 2.13. The number of benzene rings is 1. The molecule has 1 heterocycles. The van der Waals surface area contributed by atoms with Crippen LogP contribution in [0.3, 0.4) is 0 Å². The molecule has 1 aromatic carbocycles. The van der Waals surface area contributed by atoms with Crippen LogP contribution < -0.4 is 0 Å². The van der Waals surface area contributed by atoms with Crippen LogP contribution in [-0.2, 0) is 6.42 Å². The summed E-state index contributed by atoms with van der Waals surface area (Å²) >= 11 is 2.94. The van der Waals surface area contributed by atoms with Crippen LogP contribution in [0.1, 0.15) is 17.2 Å². The standard InChI is InChI=1S/C12H9BrF2O2/c13-11-8(1-2-9(14)12(11)15)10(16)5-7-3-4-17-6-7/h1-4,6,10,16H,5H2. The van der Waals surface area contributed by atoms with E-state index in [4.69, 9.17) is 4.42 Å². The third-order valence-electron chi connectivity index (χ3n) is 2.43. The average molecular weight is 303 g/mol. The smallest absolute Gasteiger partial charge is 0.173 e. The fraction of sp³-hybridized carbons (Fsp3) is 0.167. The van der Waals surface area contributed by atoms with Gasteiger partial charge in [-0.15, -0.1) is 0 Å². The molecule has 90 valence electrons. The number of aliphatic hydroxyl groups excluding tert-OH is 1. The first-order chi connectivity index (χ1) is 8.09. The average Bonchev–Trinajstić information content (AvgIpc) is 2.78. The molecule has 0 aliphatic heterocycles. The zero-order valence-electron chi connectivity index (χ0n) is 8.66. The maximum atomic E-state index is 13.3. The lowest BCUT2D eigenvalue weighted by molar-refractivity contribution is 0.176. The molecular formula is C12H9BrF2O2. The van der Waals surface area contributed by atoms with Gasteiger partial charge in [-0.05, 0) is 39.2 Å². The van der Waals surface area contributed by atoms with E-state index < -0.39 is 17.7 Å². The zero-order chi connectivity index (χ0) is 12.4. The van der Waals surface area contributed by atoms with Crippen LogP contribution in [0.25, 0.3) is 0 Å². The lowest BCUT2D eigenvalue weighted by Crippen LogP contribution is -2.04. The van der Waals surface area contributed by atoms with Crippen LogP contribution in [0.5, 0.6) is 0 Å². The summed E-state index contributed by atoms with van der Waals surface area (Å²) < 4.78 is 31.0. The van der Waals surface area contributed by atoms with Crippen molar-refractivity contribution in [2.24, 2.45) is 0 Å². The molecule has 0 amide bonds. The second kappa shape index (κ2) is 4.98. The van der Waals surface area contributed by atoms with Crippen molar-refractivity contribution in [2.45, 2.75) is 12.5 Å². The molecule has 0 saturated heterocycles. The highest BCUT2D eigenvalue weighted by Gasteiger charge is 2.17. The van der Waals surface area contributed by atoms with Gasteiger partial charge in [0, 0.05) is 6.42 Å². The Kier molecular flexibility index (Phi) is 3.59. The van der Waals surface area contributed by atoms with E-state index in [2.05, 4.69) is 15.9 Å². The lowest BCUT2D eigenvalue weighted by atomic mass is 10.0. The van der Waals surface area contributed by atoms with Crippen molar-refractivity contribution in [2.75, 3.05) is 0 Å². The predicted molar refractivity (Wildman–Crippen MR) is 61.4 cm³/mol. The van der Waals surface area contributed by atoms with Gasteiger partial charge in [0.15, 0.2) is 11.6 Å². The van der Waals surface area contributed by atoms with E-state index >= 15 is 0 Å². The first-order valence-corrected chi connectivity index (χ1v) is 5.71. The largest absolute Gasteiger partial charge is 0.472 e. The fourth-order valence-electron chi connectivity index (χ4n) is 1.54. The third-order valence-corrected chi connectivity index (χ3v) is 3.24. The number of rotatable bonds is 3. The van der Waals surface area contributed by atoms with Crippen molar-refractivity contribution in [1.82, 2.24) is 0 Å². The molecule has 0 saturated carbocycles. The molecule has 0 bridgehead atoms. The number of aliphatic hydroxyl groups is 1. The van der Waals surface area contributed by atoms with E-state index in [1.54, 1.807) is 6.07 Å². The number of furan rings is 1. The summed E-state index contributed by atoms with van der Waals surface area (Å²) in [7, 11) is 0. The summed E-state index contributed by atoms with van der Waals surface area (Å²) in [5.74, 6) is -1.94. The third kappa shape index (κ3) is 2.56. The van der Waals surface area contributed by atoms with Gasteiger partial charge in [0.2, 0.25) is 0 Å². The van der Waals surface area contributed by atoms with E-state index in [0.717, 1.165) is 11.6 Å². The Balaban J connectivity index is 2.25. The lowest BCUT2D eigenvalue weighted by Gasteiger charge is -2.12. The number of halogens is 3. The molecular weight excluding hydrogens is 294 g/mol. The first-order valence-electron chi connectivity index (χ1n) is 4.92. The van der Waals surface area contributed by atoms with Crippen molar-refractivity contribution >= 4 is 15.9 Å². The zero-order valence-corrected chi connectivity index (χ0v) is 10.2. The van der Waals surface area contributed by atoms with Crippen molar-refractivity contribution in [3.63, 3.8) is 0 Å². The van der Waals surface area contributed by atoms with Crippen molar-refractivity contribution < 1.29 is 18.3 Å². The van der Waals surface area contributed by atoms with Crippen LogP contribution in [0.15, 0.2) is 39.6 Å². The minimum Gasteiger partial charge on any atom is -0.472 e. The Morgan fingerprint density at radius 3 is 2.71 bits per heavy atom. The SMILES string of the molecule is OC(Cc1ccoc1)c1ccc(F)c(F)c1Br. The summed E-state index contributed by atoms with van der Waals surface area (Å²) in [6.45, 7) is 0.